The number of rotatable bonds is 5. The van der Waals surface area contributed by atoms with Crippen LogP contribution in [0.3, 0.4) is 0 Å². The highest BCUT2D eigenvalue weighted by Crippen LogP contribution is 2.29. The third-order valence-electron chi connectivity index (χ3n) is 4.87. The van der Waals surface area contributed by atoms with E-state index >= 15 is 0 Å². The van der Waals surface area contributed by atoms with E-state index < -0.39 is 22.7 Å². The van der Waals surface area contributed by atoms with Crippen LogP contribution in [-0.2, 0) is 9.59 Å². The van der Waals surface area contributed by atoms with Gasteiger partial charge in [0.15, 0.2) is 0 Å². The molecule has 2 aromatic carbocycles. The molecule has 0 aliphatic carbocycles. The maximum atomic E-state index is 12.7. The van der Waals surface area contributed by atoms with Crippen LogP contribution in [0.4, 0.5) is 5.69 Å². The van der Waals surface area contributed by atoms with Crippen molar-refractivity contribution in [2.75, 3.05) is 5.32 Å². The first-order valence-electron chi connectivity index (χ1n) is 9.43. The molecule has 1 heterocycles. The highest BCUT2D eigenvalue weighted by atomic mass is 32.2. The molecular formula is C22H24N4O2S. The van der Waals surface area contributed by atoms with Gasteiger partial charge in [0, 0.05) is 5.69 Å². The highest BCUT2D eigenvalue weighted by molar-refractivity contribution is 8.01. The molecule has 29 heavy (non-hydrogen) atoms. The largest absolute Gasteiger partial charge is 0.331 e. The van der Waals surface area contributed by atoms with Gasteiger partial charge in [0.2, 0.25) is 11.8 Å². The SMILES string of the molecule is Cc1ccc(NC(=O)C(C)SC2NC(=O)C(C#N)C(c3ccccc3)N2)c(C)c1. The maximum Gasteiger partial charge on any atom is 0.241 e. The lowest BCUT2D eigenvalue weighted by atomic mass is 9.92. The van der Waals surface area contributed by atoms with Crippen LogP contribution in [0, 0.1) is 31.1 Å². The highest BCUT2D eigenvalue weighted by Gasteiger charge is 2.38. The minimum absolute atomic E-state index is 0.142. The fourth-order valence-electron chi connectivity index (χ4n) is 3.28. The Labute approximate surface area is 175 Å². The summed E-state index contributed by atoms with van der Waals surface area (Å²) in [7, 11) is 0. The van der Waals surface area contributed by atoms with Crippen molar-refractivity contribution in [3.63, 3.8) is 0 Å². The minimum Gasteiger partial charge on any atom is -0.331 e. The third kappa shape index (κ3) is 4.97. The molecule has 1 fully saturated rings. The minimum atomic E-state index is -0.825. The summed E-state index contributed by atoms with van der Waals surface area (Å²) >= 11 is 1.31. The van der Waals surface area contributed by atoms with Gasteiger partial charge in [0.05, 0.1) is 17.4 Å². The number of nitrogens with zero attached hydrogens (tertiary/aromatic N) is 1. The van der Waals surface area contributed by atoms with E-state index in [1.54, 1.807) is 6.92 Å². The van der Waals surface area contributed by atoms with E-state index in [0.29, 0.717) is 0 Å². The lowest BCUT2D eigenvalue weighted by Gasteiger charge is -2.35. The summed E-state index contributed by atoms with van der Waals surface area (Å²) in [4.78, 5) is 25.1. The number of aryl methyl sites for hydroxylation is 2. The van der Waals surface area contributed by atoms with E-state index in [2.05, 4.69) is 22.0 Å². The summed E-state index contributed by atoms with van der Waals surface area (Å²) < 4.78 is 0. The average Bonchev–Trinajstić information content (AvgIpc) is 2.70. The molecule has 1 saturated heterocycles. The first kappa shape index (κ1) is 20.9. The Kier molecular flexibility index (Phi) is 6.57. The Morgan fingerprint density at radius 3 is 2.59 bits per heavy atom. The quantitative estimate of drug-likeness (QED) is 0.706. The standard InChI is InChI=1S/C22H24N4O2S/c1-13-9-10-18(14(2)11-13)24-20(27)15(3)29-22-25-19(16-7-5-4-6-8-16)17(12-23)21(28)26-22/h4-11,15,17,19,22,25H,1-3H3,(H,24,27)(H,26,28). The molecule has 7 heteroatoms. The third-order valence-corrected chi connectivity index (χ3v) is 6.02. The smallest absolute Gasteiger partial charge is 0.241 e. The molecule has 2 amide bonds. The molecular weight excluding hydrogens is 384 g/mol. The maximum absolute atomic E-state index is 12.7. The number of nitriles is 1. The van der Waals surface area contributed by atoms with Crippen LogP contribution < -0.4 is 16.0 Å². The summed E-state index contributed by atoms with van der Waals surface area (Å²) in [5.74, 6) is -1.30. The van der Waals surface area contributed by atoms with Gasteiger partial charge in [-0.1, -0.05) is 48.0 Å². The van der Waals surface area contributed by atoms with E-state index in [1.165, 1.54) is 11.8 Å². The predicted molar refractivity (Wildman–Crippen MR) is 115 cm³/mol. The van der Waals surface area contributed by atoms with E-state index in [9.17, 15) is 14.9 Å². The molecule has 2 aromatic rings. The molecule has 0 spiro atoms. The van der Waals surface area contributed by atoms with Gasteiger partial charge in [-0.15, -0.1) is 11.8 Å². The summed E-state index contributed by atoms with van der Waals surface area (Å²) in [5, 5.41) is 18.1. The Morgan fingerprint density at radius 2 is 1.93 bits per heavy atom. The zero-order chi connectivity index (χ0) is 21.0. The van der Waals surface area contributed by atoms with Gasteiger partial charge < -0.3 is 10.6 Å². The lowest BCUT2D eigenvalue weighted by Crippen LogP contribution is -2.56. The first-order valence-corrected chi connectivity index (χ1v) is 10.4. The lowest BCUT2D eigenvalue weighted by molar-refractivity contribution is -0.126. The van der Waals surface area contributed by atoms with Gasteiger partial charge >= 0.3 is 0 Å². The summed E-state index contributed by atoms with van der Waals surface area (Å²) in [5.41, 5.74) is 3.31. The van der Waals surface area contributed by atoms with Crippen molar-refractivity contribution < 1.29 is 9.59 Å². The molecule has 0 saturated carbocycles. The van der Waals surface area contributed by atoms with Crippen molar-refractivity contribution in [1.29, 1.82) is 5.26 Å². The van der Waals surface area contributed by atoms with Crippen LogP contribution in [0.2, 0.25) is 0 Å². The predicted octanol–water partition coefficient (Wildman–Crippen LogP) is 3.25. The van der Waals surface area contributed by atoms with Gasteiger partial charge in [-0.2, -0.15) is 5.26 Å². The fraction of sp³-hybridized carbons (Fsp3) is 0.318. The number of amides is 2. The molecule has 4 atom stereocenters. The number of hydrogen-bond donors (Lipinski definition) is 3. The Morgan fingerprint density at radius 1 is 1.21 bits per heavy atom. The van der Waals surface area contributed by atoms with Crippen molar-refractivity contribution in [3.8, 4) is 6.07 Å². The van der Waals surface area contributed by atoms with Crippen molar-refractivity contribution in [3.05, 3.63) is 65.2 Å². The van der Waals surface area contributed by atoms with Crippen LogP contribution >= 0.6 is 11.8 Å². The molecule has 6 nitrogen and oxygen atoms in total. The summed E-state index contributed by atoms with van der Waals surface area (Å²) in [6.07, 6.45) is 0. The van der Waals surface area contributed by atoms with Crippen molar-refractivity contribution in [1.82, 2.24) is 10.6 Å². The first-order chi connectivity index (χ1) is 13.9. The van der Waals surface area contributed by atoms with E-state index in [4.69, 9.17) is 0 Å². The number of nitrogens with one attached hydrogen (secondary N) is 3. The monoisotopic (exact) mass is 408 g/mol. The Balaban J connectivity index is 1.68. The molecule has 0 bridgehead atoms. The van der Waals surface area contributed by atoms with E-state index in [0.717, 1.165) is 22.4 Å². The Hall–Kier alpha value is -2.82. The molecule has 3 rings (SSSR count). The molecule has 0 radical (unpaired) electrons. The van der Waals surface area contributed by atoms with Crippen LogP contribution in [0.1, 0.15) is 29.7 Å². The van der Waals surface area contributed by atoms with Crippen LogP contribution in [-0.4, -0.2) is 22.6 Å². The second-order valence-electron chi connectivity index (χ2n) is 7.14. The molecule has 1 aliphatic rings. The van der Waals surface area contributed by atoms with Gasteiger partial charge in [-0.05, 0) is 38.0 Å². The van der Waals surface area contributed by atoms with Crippen LogP contribution in [0.25, 0.3) is 0 Å². The summed E-state index contributed by atoms with van der Waals surface area (Å²) in [6, 6.07) is 16.9. The molecule has 1 aliphatic heterocycles. The van der Waals surface area contributed by atoms with Crippen LogP contribution in [0.5, 0.6) is 0 Å². The second-order valence-corrected chi connectivity index (χ2v) is 8.59. The summed E-state index contributed by atoms with van der Waals surface area (Å²) in [6.45, 7) is 5.76. The normalized spacial score (nSPS) is 22.3. The van der Waals surface area contributed by atoms with Crippen molar-refractivity contribution >= 4 is 29.3 Å². The topological polar surface area (TPSA) is 94.0 Å². The van der Waals surface area contributed by atoms with Gasteiger partial charge in [0.1, 0.15) is 11.4 Å². The van der Waals surface area contributed by atoms with Crippen molar-refractivity contribution in [2.45, 2.75) is 37.6 Å². The molecule has 0 aromatic heterocycles. The van der Waals surface area contributed by atoms with Gasteiger partial charge in [-0.3, -0.25) is 14.9 Å². The van der Waals surface area contributed by atoms with E-state index in [1.807, 2.05) is 62.4 Å². The number of carbonyl (C=O) groups excluding carboxylic acids is 2. The van der Waals surface area contributed by atoms with Gasteiger partial charge in [0.25, 0.3) is 0 Å². The Bertz CT molecular complexity index is 942. The zero-order valence-electron chi connectivity index (χ0n) is 16.6. The molecule has 3 N–H and O–H groups in total. The fourth-order valence-corrected chi connectivity index (χ4v) is 4.28. The molecule has 150 valence electrons. The number of anilines is 1. The average molecular weight is 409 g/mol. The molecule has 4 unspecified atom stereocenters. The van der Waals surface area contributed by atoms with Gasteiger partial charge in [-0.25, -0.2) is 0 Å². The number of hydrogen-bond acceptors (Lipinski definition) is 5. The van der Waals surface area contributed by atoms with Crippen molar-refractivity contribution in [2.24, 2.45) is 5.92 Å². The number of thioether (sulfide) groups is 1. The van der Waals surface area contributed by atoms with E-state index in [-0.39, 0.29) is 11.8 Å². The number of benzene rings is 2. The zero-order valence-corrected chi connectivity index (χ0v) is 17.4. The number of carbonyl (C=O) groups is 2. The van der Waals surface area contributed by atoms with Crippen LogP contribution in [0.15, 0.2) is 48.5 Å². The second kappa shape index (κ2) is 9.12.